The zero-order valence-corrected chi connectivity index (χ0v) is 11.3. The fourth-order valence-electron chi connectivity index (χ4n) is 1.89. The number of phenols is 1. The van der Waals surface area contributed by atoms with Gasteiger partial charge in [0.2, 0.25) is 5.91 Å². The molecule has 0 heterocycles. The molecule has 0 aromatic heterocycles. The van der Waals surface area contributed by atoms with Gasteiger partial charge in [0.05, 0.1) is 6.54 Å². The van der Waals surface area contributed by atoms with E-state index in [1.165, 1.54) is 0 Å². The van der Waals surface area contributed by atoms with E-state index in [-0.39, 0.29) is 24.2 Å². The van der Waals surface area contributed by atoms with E-state index in [2.05, 4.69) is 5.32 Å². The minimum Gasteiger partial charge on any atom is -0.508 e. The van der Waals surface area contributed by atoms with E-state index in [9.17, 15) is 9.90 Å². The van der Waals surface area contributed by atoms with Crippen LogP contribution in [0.1, 0.15) is 32.4 Å². The molecule has 100 valence electrons. The number of rotatable bonds is 6. The lowest BCUT2D eigenvalue weighted by Crippen LogP contribution is -2.38. The van der Waals surface area contributed by atoms with Crippen molar-refractivity contribution in [2.45, 2.75) is 26.8 Å². The van der Waals surface area contributed by atoms with Gasteiger partial charge in [0, 0.05) is 24.7 Å². The van der Waals surface area contributed by atoms with E-state index < -0.39 is 0 Å². The van der Waals surface area contributed by atoms with Crippen molar-refractivity contribution in [2.24, 2.45) is 0 Å². The molecule has 0 saturated heterocycles. The van der Waals surface area contributed by atoms with Gasteiger partial charge in [-0.15, -0.1) is 0 Å². The molecule has 1 atom stereocenters. The van der Waals surface area contributed by atoms with Crippen LogP contribution in [0, 0.1) is 0 Å². The summed E-state index contributed by atoms with van der Waals surface area (Å²) in [7, 11) is 0. The van der Waals surface area contributed by atoms with Crippen LogP contribution in [0.25, 0.3) is 0 Å². The van der Waals surface area contributed by atoms with Crippen LogP contribution in [-0.4, -0.2) is 35.5 Å². The Balaban J connectivity index is 2.54. The summed E-state index contributed by atoms with van der Waals surface area (Å²) < 4.78 is 0. The zero-order chi connectivity index (χ0) is 13.5. The van der Waals surface area contributed by atoms with Crippen molar-refractivity contribution in [3.8, 4) is 5.75 Å². The summed E-state index contributed by atoms with van der Waals surface area (Å²) in [5.41, 5.74) is 0.810. The first kappa shape index (κ1) is 14.5. The molecule has 0 spiro atoms. The summed E-state index contributed by atoms with van der Waals surface area (Å²) in [6.07, 6.45) is 0. The van der Waals surface area contributed by atoms with E-state index in [1.54, 1.807) is 17.0 Å². The second-order valence-electron chi connectivity index (χ2n) is 4.23. The second kappa shape index (κ2) is 7.01. The van der Waals surface area contributed by atoms with E-state index in [1.807, 2.05) is 32.9 Å². The van der Waals surface area contributed by atoms with Gasteiger partial charge < -0.3 is 15.3 Å². The molecule has 1 aromatic rings. The van der Waals surface area contributed by atoms with E-state index in [4.69, 9.17) is 0 Å². The van der Waals surface area contributed by atoms with Gasteiger partial charge in [-0.05, 0) is 26.8 Å². The fraction of sp³-hybridized carbons (Fsp3) is 0.500. The van der Waals surface area contributed by atoms with Crippen molar-refractivity contribution >= 4 is 5.91 Å². The van der Waals surface area contributed by atoms with Gasteiger partial charge in [-0.1, -0.05) is 18.2 Å². The highest BCUT2D eigenvalue weighted by molar-refractivity contribution is 5.78. The Kier molecular flexibility index (Phi) is 5.65. The maximum atomic E-state index is 11.8. The summed E-state index contributed by atoms with van der Waals surface area (Å²) in [5.74, 6) is 0.343. The van der Waals surface area contributed by atoms with Gasteiger partial charge in [-0.25, -0.2) is 0 Å². The number of carbonyl (C=O) groups excluding carboxylic acids is 1. The second-order valence-corrected chi connectivity index (χ2v) is 4.23. The van der Waals surface area contributed by atoms with E-state index in [0.29, 0.717) is 0 Å². The smallest absolute Gasteiger partial charge is 0.236 e. The van der Waals surface area contributed by atoms with Crippen LogP contribution in [0.15, 0.2) is 24.3 Å². The molecule has 0 bridgehead atoms. The average Bonchev–Trinajstić information content (AvgIpc) is 2.38. The first-order valence-electron chi connectivity index (χ1n) is 6.39. The first-order chi connectivity index (χ1) is 8.60. The monoisotopic (exact) mass is 250 g/mol. The van der Waals surface area contributed by atoms with Crippen LogP contribution in [0.3, 0.4) is 0 Å². The minimum absolute atomic E-state index is 0.0503. The number of likely N-dealkylation sites (N-methyl/N-ethyl adjacent to an activating group) is 1. The maximum Gasteiger partial charge on any atom is 0.236 e. The predicted octanol–water partition coefficient (Wildman–Crippen LogP) is 1.91. The molecule has 0 aliphatic heterocycles. The van der Waals surface area contributed by atoms with Crippen molar-refractivity contribution in [2.75, 3.05) is 19.6 Å². The van der Waals surface area contributed by atoms with Crippen LogP contribution in [0.2, 0.25) is 0 Å². The summed E-state index contributed by atoms with van der Waals surface area (Å²) in [4.78, 5) is 13.6. The fourth-order valence-corrected chi connectivity index (χ4v) is 1.89. The summed E-state index contributed by atoms with van der Waals surface area (Å²) >= 11 is 0. The number of amides is 1. The number of hydrogen-bond acceptors (Lipinski definition) is 3. The first-order valence-corrected chi connectivity index (χ1v) is 6.39. The standard InChI is InChI=1S/C14H22N2O2/c1-4-16(5-2)14(18)10-15-11(3)12-8-6-7-9-13(12)17/h6-9,11,15,17H,4-5,10H2,1-3H3. The SMILES string of the molecule is CCN(CC)C(=O)CNC(C)c1ccccc1O. The van der Waals surface area contributed by atoms with Crippen molar-refractivity contribution in [3.05, 3.63) is 29.8 Å². The molecular formula is C14H22N2O2. The van der Waals surface area contributed by atoms with Crippen LogP contribution in [-0.2, 0) is 4.79 Å². The van der Waals surface area contributed by atoms with Crippen molar-refractivity contribution in [1.29, 1.82) is 0 Å². The minimum atomic E-state index is -0.0503. The number of nitrogens with zero attached hydrogens (tertiary/aromatic N) is 1. The van der Waals surface area contributed by atoms with Gasteiger partial charge in [0.15, 0.2) is 0 Å². The van der Waals surface area contributed by atoms with Gasteiger partial charge in [-0.3, -0.25) is 4.79 Å². The largest absolute Gasteiger partial charge is 0.508 e. The highest BCUT2D eigenvalue weighted by Gasteiger charge is 2.13. The van der Waals surface area contributed by atoms with Crippen LogP contribution < -0.4 is 5.32 Å². The number of phenolic OH excluding ortho intramolecular Hbond substituents is 1. The Morgan fingerprint density at radius 2 is 1.94 bits per heavy atom. The summed E-state index contributed by atoms with van der Waals surface area (Å²) in [5, 5.41) is 12.8. The Bertz CT molecular complexity index is 389. The van der Waals surface area contributed by atoms with Gasteiger partial charge in [0.1, 0.15) is 5.75 Å². The maximum absolute atomic E-state index is 11.8. The Labute approximate surface area is 109 Å². The van der Waals surface area contributed by atoms with Gasteiger partial charge >= 0.3 is 0 Å². The molecule has 0 fully saturated rings. The van der Waals surface area contributed by atoms with Gasteiger partial charge in [-0.2, -0.15) is 0 Å². The Hall–Kier alpha value is -1.55. The van der Waals surface area contributed by atoms with E-state index >= 15 is 0 Å². The number of carbonyl (C=O) groups is 1. The normalized spacial score (nSPS) is 12.2. The zero-order valence-electron chi connectivity index (χ0n) is 11.3. The molecule has 1 amide bonds. The molecule has 2 N–H and O–H groups in total. The van der Waals surface area contributed by atoms with E-state index in [0.717, 1.165) is 18.7 Å². The lowest BCUT2D eigenvalue weighted by molar-refractivity contribution is -0.129. The lowest BCUT2D eigenvalue weighted by atomic mass is 10.1. The molecule has 1 rings (SSSR count). The van der Waals surface area contributed by atoms with Crippen LogP contribution >= 0.6 is 0 Å². The van der Waals surface area contributed by atoms with Crippen LogP contribution in [0.5, 0.6) is 5.75 Å². The van der Waals surface area contributed by atoms with Crippen LogP contribution in [0.4, 0.5) is 0 Å². The predicted molar refractivity (Wildman–Crippen MR) is 72.5 cm³/mol. The molecule has 0 saturated carbocycles. The Morgan fingerprint density at radius 3 is 2.50 bits per heavy atom. The molecule has 4 heteroatoms. The topological polar surface area (TPSA) is 52.6 Å². The number of aromatic hydroxyl groups is 1. The third kappa shape index (κ3) is 3.74. The van der Waals surface area contributed by atoms with Gasteiger partial charge in [0.25, 0.3) is 0 Å². The lowest BCUT2D eigenvalue weighted by Gasteiger charge is -2.21. The molecule has 18 heavy (non-hydrogen) atoms. The molecule has 1 unspecified atom stereocenters. The third-order valence-electron chi connectivity index (χ3n) is 3.08. The van der Waals surface area contributed by atoms with Crippen molar-refractivity contribution in [1.82, 2.24) is 10.2 Å². The number of para-hydroxylation sites is 1. The highest BCUT2D eigenvalue weighted by atomic mass is 16.3. The number of hydrogen-bond donors (Lipinski definition) is 2. The third-order valence-corrected chi connectivity index (χ3v) is 3.08. The quantitative estimate of drug-likeness (QED) is 0.811. The average molecular weight is 250 g/mol. The molecular weight excluding hydrogens is 228 g/mol. The molecule has 0 aliphatic carbocycles. The summed E-state index contributed by atoms with van der Waals surface area (Å²) in [6, 6.07) is 7.12. The number of nitrogens with one attached hydrogen (secondary N) is 1. The highest BCUT2D eigenvalue weighted by Crippen LogP contribution is 2.22. The molecule has 0 aliphatic rings. The van der Waals surface area contributed by atoms with Crippen molar-refractivity contribution in [3.63, 3.8) is 0 Å². The summed E-state index contributed by atoms with van der Waals surface area (Å²) in [6.45, 7) is 7.60. The Morgan fingerprint density at radius 1 is 1.33 bits per heavy atom. The number of benzene rings is 1. The molecule has 0 radical (unpaired) electrons. The van der Waals surface area contributed by atoms with Crippen molar-refractivity contribution < 1.29 is 9.90 Å². The molecule has 4 nitrogen and oxygen atoms in total. The molecule has 1 aromatic carbocycles.